The lowest BCUT2D eigenvalue weighted by Crippen LogP contribution is -2.37. The Morgan fingerprint density at radius 2 is 1.88 bits per heavy atom. The van der Waals surface area contributed by atoms with Gasteiger partial charge in [-0.2, -0.15) is 0 Å². The van der Waals surface area contributed by atoms with Crippen molar-refractivity contribution >= 4 is 17.5 Å². The average Bonchev–Trinajstić information content (AvgIpc) is 3.05. The van der Waals surface area contributed by atoms with Crippen LogP contribution in [0, 0.1) is 6.92 Å². The van der Waals surface area contributed by atoms with E-state index >= 15 is 0 Å². The zero-order valence-electron chi connectivity index (χ0n) is 14.9. The van der Waals surface area contributed by atoms with Gasteiger partial charge in [-0.3, -0.25) is 4.79 Å². The highest BCUT2D eigenvalue weighted by Crippen LogP contribution is 2.26. The van der Waals surface area contributed by atoms with Crippen LogP contribution in [-0.2, 0) is 17.6 Å². The minimum atomic E-state index is -0.572. The van der Waals surface area contributed by atoms with E-state index in [2.05, 4.69) is 23.5 Å². The van der Waals surface area contributed by atoms with Gasteiger partial charge in [-0.1, -0.05) is 29.8 Å². The summed E-state index contributed by atoms with van der Waals surface area (Å²) in [4.78, 5) is 12.5. The first-order valence-corrected chi connectivity index (χ1v) is 9.16. The second-order valence-corrected chi connectivity index (χ2v) is 7.19. The molecule has 2 aromatic carbocycles. The SMILES string of the molecule is Cc1cc(O[C@@H](C)C(=O)N[C@H](C)c2ccc3c(c2)CCC3)ccc1Cl. The van der Waals surface area contributed by atoms with Crippen LogP contribution in [0.1, 0.15) is 48.6 Å². The standard InChI is InChI=1S/C21H24ClNO2/c1-13-11-19(9-10-20(13)22)25-15(3)21(24)23-14(2)17-8-7-16-5-4-6-18(16)12-17/h7-12,14-15H,4-6H2,1-3H3,(H,23,24)/t14-,15+/m1/s1. The maximum atomic E-state index is 12.5. The van der Waals surface area contributed by atoms with E-state index in [4.69, 9.17) is 16.3 Å². The summed E-state index contributed by atoms with van der Waals surface area (Å²) in [6.07, 6.45) is 2.96. The molecule has 1 amide bonds. The van der Waals surface area contributed by atoms with E-state index in [1.54, 1.807) is 19.1 Å². The molecule has 0 fully saturated rings. The van der Waals surface area contributed by atoms with Crippen LogP contribution in [0.15, 0.2) is 36.4 Å². The summed E-state index contributed by atoms with van der Waals surface area (Å²) in [5.41, 5.74) is 4.93. The Kier molecular flexibility index (Phi) is 5.33. The molecule has 0 saturated heterocycles. The summed E-state index contributed by atoms with van der Waals surface area (Å²) in [6, 6.07) is 11.9. The van der Waals surface area contributed by atoms with E-state index in [1.807, 2.05) is 19.9 Å². The second-order valence-electron chi connectivity index (χ2n) is 6.78. The van der Waals surface area contributed by atoms with Crippen LogP contribution in [0.5, 0.6) is 5.75 Å². The molecule has 0 saturated carbocycles. The van der Waals surface area contributed by atoms with Gasteiger partial charge in [-0.25, -0.2) is 0 Å². The Hall–Kier alpha value is -2.00. The molecular weight excluding hydrogens is 334 g/mol. The number of fused-ring (bicyclic) bond motifs is 1. The van der Waals surface area contributed by atoms with Crippen LogP contribution >= 0.6 is 11.6 Å². The normalized spacial score (nSPS) is 15.4. The Bertz CT molecular complexity index is 787. The number of halogens is 1. The third-order valence-electron chi connectivity index (χ3n) is 4.79. The Morgan fingerprint density at radius 3 is 2.64 bits per heavy atom. The number of benzene rings is 2. The highest BCUT2D eigenvalue weighted by atomic mass is 35.5. The zero-order chi connectivity index (χ0) is 18.0. The van der Waals surface area contributed by atoms with E-state index in [0.717, 1.165) is 17.5 Å². The molecule has 0 aliphatic heterocycles. The average molecular weight is 358 g/mol. The lowest BCUT2D eigenvalue weighted by atomic mass is 10.0. The van der Waals surface area contributed by atoms with E-state index in [1.165, 1.54) is 24.0 Å². The van der Waals surface area contributed by atoms with Crippen molar-refractivity contribution in [2.24, 2.45) is 0 Å². The van der Waals surface area contributed by atoms with Crippen LogP contribution in [0.2, 0.25) is 5.02 Å². The second kappa shape index (κ2) is 7.49. The van der Waals surface area contributed by atoms with Gasteiger partial charge in [-0.15, -0.1) is 0 Å². The van der Waals surface area contributed by atoms with Gasteiger partial charge >= 0.3 is 0 Å². The number of ether oxygens (including phenoxy) is 1. The predicted octanol–water partition coefficient (Wildman–Crippen LogP) is 4.78. The van der Waals surface area contributed by atoms with Crippen molar-refractivity contribution in [3.05, 3.63) is 63.7 Å². The summed E-state index contributed by atoms with van der Waals surface area (Å²) >= 11 is 6.02. The molecule has 4 heteroatoms. The Balaban J connectivity index is 1.61. The Morgan fingerprint density at radius 1 is 1.12 bits per heavy atom. The molecule has 0 unspecified atom stereocenters. The number of rotatable bonds is 5. The van der Waals surface area contributed by atoms with Crippen LogP contribution < -0.4 is 10.1 Å². The zero-order valence-corrected chi connectivity index (χ0v) is 15.7. The fraction of sp³-hybridized carbons (Fsp3) is 0.381. The lowest BCUT2D eigenvalue weighted by molar-refractivity contribution is -0.127. The molecule has 2 aromatic rings. The van der Waals surface area contributed by atoms with Crippen molar-refractivity contribution in [3.63, 3.8) is 0 Å². The summed E-state index contributed by atoms with van der Waals surface area (Å²) in [6.45, 7) is 5.68. The summed E-state index contributed by atoms with van der Waals surface area (Å²) in [7, 11) is 0. The fourth-order valence-electron chi connectivity index (χ4n) is 3.22. The molecule has 25 heavy (non-hydrogen) atoms. The molecule has 0 heterocycles. The highest BCUT2D eigenvalue weighted by Gasteiger charge is 2.19. The summed E-state index contributed by atoms with van der Waals surface area (Å²) in [5.74, 6) is 0.523. The van der Waals surface area contributed by atoms with Gasteiger partial charge in [-0.05, 0) is 80.5 Å². The van der Waals surface area contributed by atoms with Crippen LogP contribution in [0.4, 0.5) is 0 Å². The van der Waals surface area contributed by atoms with E-state index in [-0.39, 0.29) is 11.9 Å². The minimum Gasteiger partial charge on any atom is -0.481 e. The largest absolute Gasteiger partial charge is 0.481 e. The number of hydrogen-bond donors (Lipinski definition) is 1. The molecule has 1 N–H and O–H groups in total. The fourth-order valence-corrected chi connectivity index (χ4v) is 3.34. The highest BCUT2D eigenvalue weighted by molar-refractivity contribution is 6.31. The van der Waals surface area contributed by atoms with Gasteiger partial charge in [0.25, 0.3) is 5.91 Å². The monoisotopic (exact) mass is 357 g/mol. The summed E-state index contributed by atoms with van der Waals surface area (Å²) < 4.78 is 5.75. The van der Waals surface area contributed by atoms with Crippen molar-refractivity contribution in [1.82, 2.24) is 5.32 Å². The van der Waals surface area contributed by atoms with Crippen molar-refractivity contribution < 1.29 is 9.53 Å². The van der Waals surface area contributed by atoms with Gasteiger partial charge in [0, 0.05) is 5.02 Å². The maximum Gasteiger partial charge on any atom is 0.261 e. The molecule has 3 rings (SSSR count). The molecular formula is C21H24ClNO2. The number of hydrogen-bond acceptors (Lipinski definition) is 2. The first kappa shape index (κ1) is 17.8. The number of nitrogens with one attached hydrogen (secondary N) is 1. The Labute approximate surface area is 154 Å². The summed E-state index contributed by atoms with van der Waals surface area (Å²) in [5, 5.41) is 3.73. The van der Waals surface area contributed by atoms with Gasteiger partial charge in [0.15, 0.2) is 6.10 Å². The van der Waals surface area contributed by atoms with Gasteiger partial charge in [0.1, 0.15) is 5.75 Å². The van der Waals surface area contributed by atoms with Gasteiger partial charge < -0.3 is 10.1 Å². The molecule has 0 bridgehead atoms. The van der Waals surface area contributed by atoms with Crippen molar-refractivity contribution in [3.8, 4) is 5.75 Å². The molecule has 0 aromatic heterocycles. The third-order valence-corrected chi connectivity index (χ3v) is 5.22. The van der Waals surface area contributed by atoms with E-state index < -0.39 is 6.10 Å². The van der Waals surface area contributed by atoms with Crippen LogP contribution in [-0.4, -0.2) is 12.0 Å². The smallest absolute Gasteiger partial charge is 0.261 e. The minimum absolute atomic E-state index is 0.0450. The molecule has 0 radical (unpaired) electrons. The number of carbonyl (C=O) groups is 1. The molecule has 132 valence electrons. The van der Waals surface area contributed by atoms with Crippen molar-refractivity contribution in [1.29, 1.82) is 0 Å². The molecule has 3 nitrogen and oxygen atoms in total. The molecule has 2 atom stereocenters. The number of amides is 1. The van der Waals surface area contributed by atoms with Crippen LogP contribution in [0.3, 0.4) is 0 Å². The number of aryl methyl sites for hydroxylation is 3. The van der Waals surface area contributed by atoms with E-state index in [9.17, 15) is 4.79 Å². The van der Waals surface area contributed by atoms with Crippen LogP contribution in [0.25, 0.3) is 0 Å². The van der Waals surface area contributed by atoms with Crippen molar-refractivity contribution in [2.75, 3.05) is 0 Å². The first-order chi connectivity index (χ1) is 11.9. The third kappa shape index (κ3) is 4.16. The molecule has 1 aliphatic carbocycles. The first-order valence-electron chi connectivity index (χ1n) is 8.79. The maximum absolute atomic E-state index is 12.5. The topological polar surface area (TPSA) is 38.3 Å². The van der Waals surface area contributed by atoms with E-state index in [0.29, 0.717) is 10.8 Å². The van der Waals surface area contributed by atoms with Gasteiger partial charge in [0.2, 0.25) is 0 Å². The predicted molar refractivity (Wildman–Crippen MR) is 101 cm³/mol. The lowest BCUT2D eigenvalue weighted by Gasteiger charge is -2.20. The number of carbonyl (C=O) groups excluding carboxylic acids is 1. The van der Waals surface area contributed by atoms with Crippen molar-refractivity contribution in [2.45, 2.75) is 52.2 Å². The molecule has 0 spiro atoms. The quantitative estimate of drug-likeness (QED) is 0.836. The van der Waals surface area contributed by atoms with Gasteiger partial charge in [0.05, 0.1) is 6.04 Å². The molecule has 1 aliphatic rings.